The summed E-state index contributed by atoms with van der Waals surface area (Å²) in [7, 11) is 0. The highest BCUT2D eigenvalue weighted by Gasteiger charge is 2.11. The number of rotatable bonds is 4. The second-order valence-corrected chi connectivity index (χ2v) is 5.78. The van der Waals surface area contributed by atoms with Gasteiger partial charge in [0.25, 0.3) is 5.91 Å². The van der Waals surface area contributed by atoms with Gasteiger partial charge in [-0.1, -0.05) is 11.6 Å². The van der Waals surface area contributed by atoms with Crippen LogP contribution in [0.3, 0.4) is 0 Å². The average Bonchev–Trinajstić information content (AvgIpc) is 2.73. The maximum atomic E-state index is 11.3. The average molecular weight is 347 g/mol. The van der Waals surface area contributed by atoms with E-state index in [1.165, 1.54) is 6.07 Å². The van der Waals surface area contributed by atoms with E-state index in [1.54, 1.807) is 23.5 Å². The fraction of sp³-hybridized carbons (Fsp3) is 0.0833. The van der Waals surface area contributed by atoms with Crippen molar-refractivity contribution in [2.45, 2.75) is 6.61 Å². The number of halogens is 2. The molecule has 1 aromatic heterocycles. The van der Waals surface area contributed by atoms with E-state index in [0.717, 1.165) is 9.35 Å². The molecule has 0 spiro atoms. The molecule has 0 aliphatic heterocycles. The van der Waals surface area contributed by atoms with Gasteiger partial charge in [-0.05, 0) is 45.6 Å². The zero-order valence-electron chi connectivity index (χ0n) is 9.15. The third-order valence-corrected chi connectivity index (χ3v) is 4.39. The SMILES string of the molecule is NC(=O)c1cc(Cl)ccc1OCc1sccc1Br. The van der Waals surface area contributed by atoms with Gasteiger partial charge in [0.15, 0.2) is 0 Å². The molecule has 0 unspecified atom stereocenters. The number of nitrogens with two attached hydrogens (primary N) is 1. The number of hydrogen-bond donors (Lipinski definition) is 1. The normalized spacial score (nSPS) is 10.3. The number of ether oxygens (including phenoxy) is 1. The van der Waals surface area contributed by atoms with Crippen LogP contribution in [0, 0.1) is 0 Å². The minimum atomic E-state index is -0.558. The molecule has 3 nitrogen and oxygen atoms in total. The molecule has 0 radical (unpaired) electrons. The van der Waals surface area contributed by atoms with Crippen molar-refractivity contribution in [2.75, 3.05) is 0 Å². The Morgan fingerprint density at radius 2 is 2.22 bits per heavy atom. The number of benzene rings is 1. The number of hydrogen-bond acceptors (Lipinski definition) is 3. The Hall–Kier alpha value is -1.04. The van der Waals surface area contributed by atoms with Gasteiger partial charge in [0.05, 0.1) is 10.4 Å². The van der Waals surface area contributed by atoms with Crippen LogP contribution in [0.5, 0.6) is 5.75 Å². The molecule has 0 saturated carbocycles. The van der Waals surface area contributed by atoms with E-state index in [0.29, 0.717) is 17.4 Å². The molecular weight excluding hydrogens is 338 g/mol. The Morgan fingerprint density at radius 1 is 1.44 bits per heavy atom. The van der Waals surface area contributed by atoms with Crippen LogP contribution in [0.2, 0.25) is 5.02 Å². The molecule has 0 aliphatic rings. The van der Waals surface area contributed by atoms with E-state index in [2.05, 4.69) is 15.9 Å². The largest absolute Gasteiger partial charge is 0.487 e. The Bertz CT molecular complexity index is 585. The fourth-order valence-corrected chi connectivity index (χ4v) is 2.94. The number of thiophene rings is 1. The van der Waals surface area contributed by atoms with Crippen LogP contribution in [0.1, 0.15) is 15.2 Å². The number of primary amides is 1. The first kappa shape index (κ1) is 13.4. The van der Waals surface area contributed by atoms with Gasteiger partial charge >= 0.3 is 0 Å². The Kier molecular flexibility index (Phi) is 4.27. The highest BCUT2D eigenvalue weighted by Crippen LogP contribution is 2.27. The molecule has 2 rings (SSSR count). The number of amides is 1. The second-order valence-electron chi connectivity index (χ2n) is 3.49. The summed E-state index contributed by atoms with van der Waals surface area (Å²) in [5, 5.41) is 2.41. The van der Waals surface area contributed by atoms with Gasteiger partial charge < -0.3 is 10.5 Å². The molecule has 0 fully saturated rings. The topological polar surface area (TPSA) is 52.3 Å². The molecule has 1 amide bonds. The van der Waals surface area contributed by atoms with Crippen molar-refractivity contribution >= 4 is 44.8 Å². The zero-order valence-corrected chi connectivity index (χ0v) is 12.3. The smallest absolute Gasteiger partial charge is 0.252 e. The summed E-state index contributed by atoms with van der Waals surface area (Å²) in [5.41, 5.74) is 5.57. The van der Waals surface area contributed by atoms with Gasteiger partial charge in [-0.3, -0.25) is 4.79 Å². The summed E-state index contributed by atoms with van der Waals surface area (Å²) >= 11 is 10.8. The summed E-state index contributed by atoms with van der Waals surface area (Å²) < 4.78 is 6.59. The van der Waals surface area contributed by atoms with Gasteiger partial charge in [0, 0.05) is 9.50 Å². The maximum absolute atomic E-state index is 11.3. The molecule has 0 bridgehead atoms. The van der Waals surface area contributed by atoms with Crippen molar-refractivity contribution in [3.63, 3.8) is 0 Å². The van der Waals surface area contributed by atoms with Crippen LogP contribution in [0.4, 0.5) is 0 Å². The Labute approximate surface area is 122 Å². The lowest BCUT2D eigenvalue weighted by molar-refractivity contribution is 0.0996. The lowest BCUT2D eigenvalue weighted by Gasteiger charge is -2.09. The van der Waals surface area contributed by atoms with Crippen molar-refractivity contribution in [2.24, 2.45) is 5.73 Å². The Morgan fingerprint density at radius 3 is 2.83 bits per heavy atom. The van der Waals surface area contributed by atoms with Gasteiger partial charge in [-0.25, -0.2) is 0 Å². The molecule has 0 aliphatic carbocycles. The van der Waals surface area contributed by atoms with E-state index in [-0.39, 0.29) is 5.56 Å². The van der Waals surface area contributed by atoms with E-state index in [4.69, 9.17) is 22.1 Å². The maximum Gasteiger partial charge on any atom is 0.252 e. The van der Waals surface area contributed by atoms with E-state index in [1.807, 2.05) is 11.4 Å². The van der Waals surface area contributed by atoms with Crippen LogP contribution >= 0.6 is 38.9 Å². The third-order valence-electron chi connectivity index (χ3n) is 2.26. The molecule has 1 aromatic carbocycles. The molecule has 2 N–H and O–H groups in total. The minimum absolute atomic E-state index is 0.287. The highest BCUT2D eigenvalue weighted by molar-refractivity contribution is 9.10. The van der Waals surface area contributed by atoms with Gasteiger partial charge in [-0.2, -0.15) is 0 Å². The van der Waals surface area contributed by atoms with Crippen molar-refractivity contribution < 1.29 is 9.53 Å². The molecule has 6 heteroatoms. The standard InChI is InChI=1S/C12H9BrClNO2S/c13-9-3-4-18-11(9)6-17-10-2-1-7(14)5-8(10)12(15)16/h1-5H,6H2,(H2,15,16). The molecule has 18 heavy (non-hydrogen) atoms. The van der Waals surface area contributed by atoms with Crippen molar-refractivity contribution in [1.82, 2.24) is 0 Å². The van der Waals surface area contributed by atoms with Crippen LogP contribution < -0.4 is 10.5 Å². The molecular formula is C12H9BrClNO2S. The molecule has 2 aromatic rings. The molecule has 94 valence electrons. The van der Waals surface area contributed by atoms with Crippen LogP contribution in [-0.2, 0) is 6.61 Å². The monoisotopic (exact) mass is 345 g/mol. The zero-order chi connectivity index (χ0) is 13.1. The Balaban J connectivity index is 2.19. The summed E-state index contributed by atoms with van der Waals surface area (Å²) in [6.45, 7) is 0.375. The first-order valence-electron chi connectivity index (χ1n) is 5.02. The summed E-state index contributed by atoms with van der Waals surface area (Å²) in [6.07, 6.45) is 0. The van der Waals surface area contributed by atoms with Gasteiger partial charge in [0.1, 0.15) is 12.4 Å². The first-order chi connectivity index (χ1) is 8.58. The van der Waals surface area contributed by atoms with E-state index in [9.17, 15) is 4.79 Å². The third kappa shape index (κ3) is 3.04. The van der Waals surface area contributed by atoms with Gasteiger partial charge in [0.2, 0.25) is 0 Å². The predicted molar refractivity (Wildman–Crippen MR) is 76.3 cm³/mol. The minimum Gasteiger partial charge on any atom is -0.487 e. The fourth-order valence-electron chi connectivity index (χ4n) is 1.39. The van der Waals surface area contributed by atoms with Crippen LogP contribution in [-0.4, -0.2) is 5.91 Å². The summed E-state index contributed by atoms with van der Waals surface area (Å²) in [5.74, 6) is -0.120. The lowest BCUT2D eigenvalue weighted by atomic mass is 10.2. The predicted octanol–water partition coefficient (Wildman–Crippen LogP) is 3.84. The number of carbonyl (C=O) groups excluding carboxylic acids is 1. The highest BCUT2D eigenvalue weighted by atomic mass is 79.9. The van der Waals surface area contributed by atoms with Crippen LogP contribution in [0.15, 0.2) is 34.1 Å². The van der Waals surface area contributed by atoms with E-state index >= 15 is 0 Å². The van der Waals surface area contributed by atoms with Gasteiger partial charge in [-0.15, -0.1) is 11.3 Å². The lowest BCUT2D eigenvalue weighted by Crippen LogP contribution is -2.13. The van der Waals surface area contributed by atoms with E-state index < -0.39 is 5.91 Å². The number of carbonyl (C=O) groups is 1. The van der Waals surface area contributed by atoms with Crippen molar-refractivity contribution in [3.05, 3.63) is 49.6 Å². The molecule has 1 heterocycles. The molecule has 0 saturated heterocycles. The van der Waals surface area contributed by atoms with Crippen LogP contribution in [0.25, 0.3) is 0 Å². The van der Waals surface area contributed by atoms with Crippen molar-refractivity contribution in [1.29, 1.82) is 0 Å². The second kappa shape index (κ2) is 5.73. The molecule has 0 atom stereocenters. The first-order valence-corrected chi connectivity index (χ1v) is 7.07. The summed E-state index contributed by atoms with van der Waals surface area (Å²) in [4.78, 5) is 12.3. The summed E-state index contributed by atoms with van der Waals surface area (Å²) in [6, 6.07) is 6.75. The quantitative estimate of drug-likeness (QED) is 0.914. The van der Waals surface area contributed by atoms with Crippen molar-refractivity contribution in [3.8, 4) is 5.75 Å².